The van der Waals surface area contributed by atoms with Gasteiger partial charge in [-0.25, -0.2) is 9.78 Å². The van der Waals surface area contributed by atoms with Gasteiger partial charge in [0.2, 0.25) is 5.88 Å². The van der Waals surface area contributed by atoms with Gasteiger partial charge in [-0.2, -0.15) is 0 Å². The van der Waals surface area contributed by atoms with Crippen molar-refractivity contribution in [2.45, 2.75) is 25.4 Å². The molecule has 0 saturated heterocycles. The number of aromatic nitrogens is 1. The van der Waals surface area contributed by atoms with E-state index in [2.05, 4.69) is 4.98 Å². The quantitative estimate of drug-likeness (QED) is 0.781. The number of anilines is 1. The fourth-order valence-electron chi connectivity index (χ4n) is 1.36. The molecule has 1 saturated carbocycles. The number of hydrogen-bond donors (Lipinski definition) is 2. The second kappa shape index (κ2) is 3.76. The van der Waals surface area contributed by atoms with Crippen LogP contribution in [0.15, 0.2) is 12.3 Å². The largest absolute Gasteiger partial charge is 0.477 e. The van der Waals surface area contributed by atoms with Gasteiger partial charge in [0.25, 0.3) is 0 Å². The topological polar surface area (TPSA) is 85.4 Å². The number of ether oxygens (including phenoxy) is 1. The third kappa shape index (κ3) is 2.01. The molecule has 1 aromatic rings. The molecule has 0 aromatic carbocycles. The first-order chi connectivity index (χ1) is 7.16. The first-order valence-electron chi connectivity index (χ1n) is 4.82. The molecule has 0 unspecified atom stereocenters. The highest BCUT2D eigenvalue weighted by Gasteiger charge is 2.22. The van der Waals surface area contributed by atoms with Gasteiger partial charge in [-0.15, -0.1) is 0 Å². The summed E-state index contributed by atoms with van der Waals surface area (Å²) >= 11 is 0. The molecular weight excluding hydrogens is 196 g/mol. The first kappa shape index (κ1) is 9.76. The zero-order valence-corrected chi connectivity index (χ0v) is 8.14. The van der Waals surface area contributed by atoms with E-state index in [1.54, 1.807) is 0 Å². The average molecular weight is 208 g/mol. The number of carboxylic acid groups (broad SMARTS) is 1. The van der Waals surface area contributed by atoms with Crippen LogP contribution in [0, 0.1) is 0 Å². The summed E-state index contributed by atoms with van der Waals surface area (Å²) in [4.78, 5) is 14.8. The van der Waals surface area contributed by atoms with E-state index in [1.165, 1.54) is 12.3 Å². The third-order valence-electron chi connectivity index (χ3n) is 2.43. The van der Waals surface area contributed by atoms with Crippen molar-refractivity contribution in [3.63, 3.8) is 0 Å². The number of nitrogens with zero attached hydrogens (tertiary/aromatic N) is 1. The van der Waals surface area contributed by atoms with Gasteiger partial charge in [0, 0.05) is 0 Å². The lowest BCUT2D eigenvalue weighted by atomic mass is 9.96. The Morgan fingerprint density at radius 3 is 2.87 bits per heavy atom. The maximum Gasteiger partial charge on any atom is 0.341 e. The van der Waals surface area contributed by atoms with Gasteiger partial charge in [-0.3, -0.25) is 0 Å². The van der Waals surface area contributed by atoms with Gasteiger partial charge in [0.05, 0.1) is 11.9 Å². The molecule has 0 amide bonds. The molecule has 1 aromatic heterocycles. The van der Waals surface area contributed by atoms with Gasteiger partial charge >= 0.3 is 5.97 Å². The predicted octanol–water partition coefficient (Wildman–Crippen LogP) is 1.29. The molecule has 0 bridgehead atoms. The highest BCUT2D eigenvalue weighted by atomic mass is 16.5. The number of aromatic carboxylic acids is 1. The molecule has 15 heavy (non-hydrogen) atoms. The van der Waals surface area contributed by atoms with Gasteiger partial charge in [-0.05, 0) is 25.3 Å². The summed E-state index contributed by atoms with van der Waals surface area (Å²) in [5.41, 5.74) is 5.82. The maximum absolute atomic E-state index is 10.9. The van der Waals surface area contributed by atoms with Crippen molar-refractivity contribution in [3.8, 4) is 5.88 Å². The van der Waals surface area contributed by atoms with E-state index in [1.807, 2.05) is 0 Å². The van der Waals surface area contributed by atoms with Crippen molar-refractivity contribution in [3.05, 3.63) is 17.8 Å². The Labute approximate surface area is 86.9 Å². The lowest BCUT2D eigenvalue weighted by Crippen LogP contribution is -2.26. The lowest BCUT2D eigenvalue weighted by molar-refractivity contribution is 0.0675. The molecule has 0 radical (unpaired) electrons. The van der Waals surface area contributed by atoms with Crippen LogP contribution in [0.3, 0.4) is 0 Å². The summed E-state index contributed by atoms with van der Waals surface area (Å²) in [5.74, 6) is -0.898. The van der Waals surface area contributed by atoms with Crippen LogP contribution in [0.25, 0.3) is 0 Å². The number of nitrogen functional groups attached to an aromatic ring is 1. The highest BCUT2D eigenvalue weighted by molar-refractivity contribution is 5.91. The summed E-state index contributed by atoms with van der Waals surface area (Å²) in [5, 5.41) is 8.92. The summed E-state index contributed by atoms with van der Waals surface area (Å²) in [6.07, 6.45) is 4.57. The second-order valence-electron chi connectivity index (χ2n) is 3.60. The number of pyridine rings is 1. The van der Waals surface area contributed by atoms with Crippen molar-refractivity contribution >= 4 is 11.7 Å². The number of carboxylic acids is 1. The minimum absolute atomic E-state index is 0.0295. The molecule has 1 aliphatic rings. The maximum atomic E-state index is 10.9. The molecule has 3 N–H and O–H groups in total. The molecule has 80 valence electrons. The second-order valence-corrected chi connectivity index (χ2v) is 3.60. The van der Waals surface area contributed by atoms with Crippen molar-refractivity contribution in [1.29, 1.82) is 0 Å². The molecule has 0 aliphatic heterocycles. The summed E-state index contributed by atoms with van der Waals surface area (Å²) in [6, 6.07) is 1.36. The monoisotopic (exact) mass is 208 g/mol. The van der Waals surface area contributed by atoms with Crippen LogP contribution in [0.5, 0.6) is 5.88 Å². The Balaban J connectivity index is 2.23. The minimum atomic E-state index is -1.07. The van der Waals surface area contributed by atoms with Gasteiger partial charge < -0.3 is 15.6 Å². The predicted molar refractivity (Wildman–Crippen MR) is 53.9 cm³/mol. The van der Waals surface area contributed by atoms with E-state index < -0.39 is 5.97 Å². The highest BCUT2D eigenvalue weighted by Crippen LogP contribution is 2.26. The smallest absolute Gasteiger partial charge is 0.341 e. The number of hydrogen-bond acceptors (Lipinski definition) is 4. The third-order valence-corrected chi connectivity index (χ3v) is 2.43. The van der Waals surface area contributed by atoms with E-state index >= 15 is 0 Å². The Morgan fingerprint density at radius 1 is 1.60 bits per heavy atom. The van der Waals surface area contributed by atoms with Gasteiger partial charge in [0.15, 0.2) is 0 Å². The van der Waals surface area contributed by atoms with E-state index in [9.17, 15) is 4.79 Å². The van der Waals surface area contributed by atoms with Crippen LogP contribution in [0.1, 0.15) is 29.6 Å². The molecule has 1 heterocycles. The lowest BCUT2D eigenvalue weighted by Gasteiger charge is -2.26. The fraction of sp³-hybridized carbons (Fsp3) is 0.400. The molecular formula is C10H12N2O3. The molecule has 0 spiro atoms. The Bertz CT molecular complexity index is 388. The summed E-state index contributed by atoms with van der Waals surface area (Å²) in [6.45, 7) is 0. The van der Waals surface area contributed by atoms with E-state index in [4.69, 9.17) is 15.6 Å². The molecule has 0 atom stereocenters. The summed E-state index contributed by atoms with van der Waals surface area (Å²) < 4.78 is 5.45. The zero-order valence-electron chi connectivity index (χ0n) is 8.14. The Morgan fingerprint density at radius 2 is 2.33 bits per heavy atom. The molecule has 1 aliphatic carbocycles. The van der Waals surface area contributed by atoms with Crippen molar-refractivity contribution in [2.24, 2.45) is 0 Å². The van der Waals surface area contributed by atoms with Crippen LogP contribution in [0.2, 0.25) is 0 Å². The van der Waals surface area contributed by atoms with Gasteiger partial charge in [-0.1, -0.05) is 0 Å². The number of carbonyl (C=O) groups is 1. The van der Waals surface area contributed by atoms with Crippen LogP contribution in [-0.2, 0) is 0 Å². The normalized spacial score (nSPS) is 15.7. The number of rotatable bonds is 3. The number of nitrogens with two attached hydrogens (primary N) is 1. The molecule has 5 nitrogen and oxygen atoms in total. The van der Waals surface area contributed by atoms with Crippen molar-refractivity contribution in [1.82, 2.24) is 4.98 Å². The van der Waals surface area contributed by atoms with Crippen LogP contribution >= 0.6 is 0 Å². The standard InChI is InChI=1S/C10H12N2O3/c11-6-4-8(10(13)14)9(12-5-6)15-7-2-1-3-7/h4-5,7H,1-3,11H2,(H,13,14). The fourth-order valence-corrected chi connectivity index (χ4v) is 1.36. The van der Waals surface area contributed by atoms with Crippen LogP contribution < -0.4 is 10.5 Å². The van der Waals surface area contributed by atoms with Crippen LogP contribution in [0.4, 0.5) is 5.69 Å². The van der Waals surface area contributed by atoms with E-state index in [0.717, 1.165) is 19.3 Å². The van der Waals surface area contributed by atoms with Crippen LogP contribution in [-0.4, -0.2) is 22.2 Å². The molecule has 5 heteroatoms. The van der Waals surface area contributed by atoms with E-state index in [0.29, 0.717) is 5.69 Å². The van der Waals surface area contributed by atoms with Gasteiger partial charge in [0.1, 0.15) is 11.7 Å². The van der Waals surface area contributed by atoms with E-state index in [-0.39, 0.29) is 17.5 Å². The first-order valence-corrected chi connectivity index (χ1v) is 4.82. The van der Waals surface area contributed by atoms with Crippen molar-refractivity contribution in [2.75, 3.05) is 5.73 Å². The van der Waals surface area contributed by atoms with Crippen molar-refractivity contribution < 1.29 is 14.6 Å². The average Bonchev–Trinajstić information content (AvgIpc) is 2.12. The molecule has 2 rings (SSSR count). The minimum Gasteiger partial charge on any atom is -0.477 e. The molecule has 1 fully saturated rings. The Kier molecular flexibility index (Phi) is 2.45. The summed E-state index contributed by atoms with van der Waals surface area (Å²) in [7, 11) is 0. The zero-order chi connectivity index (χ0) is 10.8. The Hall–Kier alpha value is -1.78. The SMILES string of the molecule is Nc1cnc(OC2CCC2)c(C(=O)O)c1.